The zero-order valence-corrected chi connectivity index (χ0v) is 40.4. The Hall–Kier alpha value is -8.78. The van der Waals surface area contributed by atoms with Crippen molar-refractivity contribution in [2.75, 3.05) is 57.1 Å². The summed E-state index contributed by atoms with van der Waals surface area (Å²) in [4.78, 5) is 101. The molecule has 2 fully saturated rings. The number of anilines is 2. The van der Waals surface area contributed by atoms with Gasteiger partial charge in [0.25, 0.3) is 11.8 Å². The van der Waals surface area contributed by atoms with E-state index in [1.165, 1.54) is 24.5 Å². The number of amides is 5. The monoisotopic (exact) mass is 1130 g/mol. The number of ether oxygens (including phenoxy) is 3. The van der Waals surface area contributed by atoms with Crippen molar-refractivity contribution in [2.24, 2.45) is 0 Å². The van der Waals surface area contributed by atoms with Gasteiger partial charge in [0.2, 0.25) is 17.7 Å². The molecule has 5 heterocycles. The summed E-state index contributed by atoms with van der Waals surface area (Å²) in [6.07, 6.45) is -11.9. The standard InChI is InChI=1S/C41H41N9O8.3C2HF3O2/c42-37-35-36(25-6-9-29(10-7-25)58-28-4-2-1-3-5-28)47-50(38(35)44-24-43-37)27-14-16-48(17-15-27)18-19-56-20-21-57-23-34(52)45-26-8-11-30-31(22-26)41(55)49(40(30)54)32-12-13-33(51)46-39(32)53;3*3-2(4,5)1(6)7/h1-11,22,24,27,32H,12-21,23H2,(H,45,52)(H2,42,43,44)(H,46,51,53);3*(H,6,7). The van der Waals surface area contributed by atoms with Gasteiger partial charge < -0.3 is 45.5 Å². The molecule has 0 radical (unpaired) electrons. The van der Waals surface area contributed by atoms with Gasteiger partial charge >= 0.3 is 36.4 Å². The first kappa shape index (κ1) is 61.1. The zero-order chi connectivity index (χ0) is 58.4. The maximum atomic E-state index is 13.1. The second-order valence-electron chi connectivity index (χ2n) is 16.6. The highest BCUT2D eigenvalue weighted by Crippen LogP contribution is 2.36. The summed E-state index contributed by atoms with van der Waals surface area (Å²) in [6.45, 7) is 3.22. The van der Waals surface area contributed by atoms with E-state index in [0.29, 0.717) is 36.1 Å². The lowest BCUT2D eigenvalue weighted by Gasteiger charge is -2.32. The number of rotatable bonds is 14. The van der Waals surface area contributed by atoms with Gasteiger partial charge in [-0.3, -0.25) is 34.2 Å². The van der Waals surface area contributed by atoms with Gasteiger partial charge in [-0.1, -0.05) is 18.2 Å². The van der Waals surface area contributed by atoms with Crippen molar-refractivity contribution in [1.29, 1.82) is 0 Å². The maximum absolute atomic E-state index is 13.1. The molecule has 0 aliphatic carbocycles. The number of hydrogen-bond donors (Lipinski definition) is 6. The number of benzene rings is 3. The fourth-order valence-electron chi connectivity index (χ4n) is 7.47. The number of fused-ring (bicyclic) bond motifs is 2. The number of nitrogens with zero attached hydrogens (tertiary/aromatic N) is 6. The van der Waals surface area contributed by atoms with Gasteiger partial charge in [0.05, 0.1) is 42.4 Å². The van der Waals surface area contributed by atoms with Crippen LogP contribution in [0.2, 0.25) is 0 Å². The number of alkyl halides is 9. The number of carboxylic acid groups (broad SMARTS) is 3. The zero-order valence-electron chi connectivity index (χ0n) is 40.4. The van der Waals surface area contributed by atoms with Crippen LogP contribution in [0.15, 0.2) is 79.1 Å². The molecule has 0 saturated carbocycles. The van der Waals surface area contributed by atoms with Gasteiger partial charge in [-0.05, 0) is 73.9 Å². The minimum absolute atomic E-state index is 0.0279. The third kappa shape index (κ3) is 17.1. The number of likely N-dealkylation sites (tertiary alicyclic amines) is 1. The number of nitrogens with two attached hydrogens (primary N) is 1. The third-order valence-electron chi connectivity index (χ3n) is 11.1. The summed E-state index contributed by atoms with van der Waals surface area (Å²) in [6, 6.07) is 20.7. The highest BCUT2D eigenvalue weighted by atomic mass is 19.4. The van der Waals surface area contributed by atoms with Crippen LogP contribution in [0, 0.1) is 0 Å². The lowest BCUT2D eigenvalue weighted by Crippen LogP contribution is -2.54. The number of para-hydroxylation sites is 1. The number of carbonyl (C=O) groups excluding carboxylic acids is 5. The Labute approximate surface area is 438 Å². The Morgan fingerprint density at radius 3 is 1.84 bits per heavy atom. The van der Waals surface area contributed by atoms with Crippen molar-refractivity contribution in [3.05, 3.63) is 90.3 Å². The van der Waals surface area contributed by atoms with Crippen LogP contribution >= 0.6 is 0 Å². The second-order valence-corrected chi connectivity index (χ2v) is 16.6. The van der Waals surface area contributed by atoms with E-state index < -0.39 is 72.0 Å². The van der Waals surface area contributed by atoms with E-state index in [9.17, 15) is 63.5 Å². The predicted octanol–water partition coefficient (Wildman–Crippen LogP) is 5.48. The number of nitrogens with one attached hydrogen (secondary N) is 2. The van der Waals surface area contributed by atoms with Crippen LogP contribution in [0.1, 0.15) is 52.4 Å². The number of imide groups is 2. The van der Waals surface area contributed by atoms with Gasteiger partial charge in [0, 0.05) is 37.3 Å². The van der Waals surface area contributed by atoms with E-state index >= 15 is 0 Å². The molecule has 1 unspecified atom stereocenters. The largest absolute Gasteiger partial charge is 0.490 e. The van der Waals surface area contributed by atoms with E-state index in [1.54, 1.807) is 0 Å². The Kier molecular flexibility index (Phi) is 20.5. The van der Waals surface area contributed by atoms with E-state index in [0.717, 1.165) is 59.8 Å². The van der Waals surface area contributed by atoms with Gasteiger partial charge in [0.1, 0.15) is 42.0 Å². The van der Waals surface area contributed by atoms with Crippen LogP contribution in [0.3, 0.4) is 0 Å². The van der Waals surface area contributed by atoms with Gasteiger partial charge in [0.15, 0.2) is 5.65 Å². The van der Waals surface area contributed by atoms with E-state index in [4.69, 9.17) is 54.7 Å². The smallest absolute Gasteiger partial charge is 0.475 e. The average Bonchev–Trinajstić information content (AvgIpc) is 4.10. The molecule has 2 saturated heterocycles. The SMILES string of the molecule is Nc1ncnc2c1c(-c1ccc(Oc3ccccc3)cc1)nn2C1CCN(CCOCCOCC(=O)Nc2ccc3c(c2)C(=O)N(C2CCC(=O)NC2=O)C3=O)CC1.O=C(O)C(F)(F)F.O=C(O)C(F)(F)F.O=C(O)C(F)(F)F. The molecular weight excluding hydrogens is 1090 g/mol. The van der Waals surface area contributed by atoms with Crippen molar-refractivity contribution in [1.82, 2.24) is 34.9 Å². The van der Waals surface area contributed by atoms with Crippen molar-refractivity contribution in [3.63, 3.8) is 0 Å². The van der Waals surface area contributed by atoms with E-state index in [2.05, 4.69) is 25.5 Å². The molecule has 8 rings (SSSR count). The minimum atomic E-state index is -5.08. The first-order valence-electron chi connectivity index (χ1n) is 22.8. The van der Waals surface area contributed by atoms with Crippen LogP contribution in [0.4, 0.5) is 51.0 Å². The molecule has 3 aliphatic heterocycles. The van der Waals surface area contributed by atoms with Crippen LogP contribution in [-0.2, 0) is 38.2 Å². The topological polar surface area (TPSA) is 325 Å². The molecule has 7 N–H and O–H groups in total. The summed E-state index contributed by atoms with van der Waals surface area (Å²) < 4.78 is 114. The van der Waals surface area contributed by atoms with Crippen molar-refractivity contribution in [3.8, 4) is 22.8 Å². The average molecular weight is 1130 g/mol. The molecule has 2 aromatic heterocycles. The molecule has 3 aliphatic rings. The fourth-order valence-corrected chi connectivity index (χ4v) is 7.47. The van der Waals surface area contributed by atoms with Crippen molar-refractivity contribution >= 4 is 70.0 Å². The van der Waals surface area contributed by atoms with E-state index in [-0.39, 0.29) is 43.2 Å². The number of carboxylic acids is 3. The number of nitrogen functional groups attached to an aromatic ring is 1. The molecular formula is C47H44F9N9O14. The van der Waals surface area contributed by atoms with Crippen LogP contribution in [0.25, 0.3) is 22.3 Å². The first-order valence-corrected chi connectivity index (χ1v) is 22.8. The Morgan fingerprint density at radius 1 is 0.709 bits per heavy atom. The molecule has 79 heavy (non-hydrogen) atoms. The molecule has 32 heteroatoms. The van der Waals surface area contributed by atoms with E-state index in [1.807, 2.05) is 59.3 Å². The molecule has 5 aromatic rings. The van der Waals surface area contributed by atoms with Gasteiger partial charge in [-0.25, -0.2) is 29.0 Å². The van der Waals surface area contributed by atoms with Gasteiger partial charge in [-0.2, -0.15) is 44.6 Å². The van der Waals surface area contributed by atoms with Crippen molar-refractivity contribution < 1.29 is 107 Å². The summed E-state index contributed by atoms with van der Waals surface area (Å²) in [7, 11) is 0. The number of hydrogen-bond acceptors (Lipinski definition) is 16. The molecule has 1 atom stereocenters. The molecule has 0 spiro atoms. The summed E-state index contributed by atoms with van der Waals surface area (Å²) in [5.41, 5.74) is 9.20. The molecule has 0 bridgehead atoms. The lowest BCUT2D eigenvalue weighted by molar-refractivity contribution is -0.193. The summed E-state index contributed by atoms with van der Waals surface area (Å²) in [5, 5.41) is 32.0. The summed E-state index contributed by atoms with van der Waals surface area (Å²) in [5.74, 6) is -9.27. The summed E-state index contributed by atoms with van der Waals surface area (Å²) >= 11 is 0. The Balaban J connectivity index is 0.000000463. The highest BCUT2D eigenvalue weighted by Gasteiger charge is 2.45. The number of aromatic nitrogens is 4. The molecule has 5 amide bonds. The second kappa shape index (κ2) is 26.5. The number of aliphatic carboxylic acids is 3. The predicted molar refractivity (Wildman–Crippen MR) is 251 cm³/mol. The fraction of sp³-hybridized carbons (Fsp3) is 0.340. The number of piperidine rings is 2. The maximum Gasteiger partial charge on any atom is 0.490 e. The Bertz CT molecular complexity index is 2970. The lowest BCUT2D eigenvalue weighted by atomic mass is 10.0. The molecule has 23 nitrogen and oxygen atoms in total. The Morgan fingerprint density at radius 2 is 1.27 bits per heavy atom. The molecule has 3 aromatic carbocycles. The first-order chi connectivity index (χ1) is 37.1. The molecule has 424 valence electrons. The van der Waals surface area contributed by atoms with Crippen LogP contribution in [-0.4, -0.2) is 163 Å². The number of carbonyl (C=O) groups is 8. The number of halogens is 9. The third-order valence-corrected chi connectivity index (χ3v) is 11.1. The van der Waals surface area contributed by atoms with Crippen LogP contribution in [0.5, 0.6) is 11.5 Å². The van der Waals surface area contributed by atoms with Crippen molar-refractivity contribution in [2.45, 2.75) is 56.3 Å². The quantitative estimate of drug-likeness (QED) is 0.0455. The van der Waals surface area contributed by atoms with Gasteiger partial charge in [-0.15, -0.1) is 0 Å². The highest BCUT2D eigenvalue weighted by molar-refractivity contribution is 6.24. The van der Waals surface area contributed by atoms with Crippen LogP contribution < -0.4 is 21.1 Å². The normalized spacial score (nSPS) is 15.8. The minimum Gasteiger partial charge on any atom is -0.475 e.